The predicted molar refractivity (Wildman–Crippen MR) is 65.4 cm³/mol. The maximum absolute atomic E-state index is 12.5. The summed E-state index contributed by atoms with van der Waals surface area (Å²) in [6, 6.07) is 1.34. The number of aliphatic hydroxyl groups excluding tert-OH is 1. The van der Waals surface area contributed by atoms with Crippen molar-refractivity contribution in [3.63, 3.8) is 0 Å². The Morgan fingerprint density at radius 1 is 1.53 bits per heavy atom. The van der Waals surface area contributed by atoms with E-state index in [1.165, 1.54) is 16.2 Å². The van der Waals surface area contributed by atoms with E-state index < -0.39 is 6.43 Å². The van der Waals surface area contributed by atoms with Crippen LogP contribution in [-0.4, -0.2) is 42.2 Å². The van der Waals surface area contributed by atoms with Crippen LogP contribution in [0, 0.1) is 0 Å². The molecule has 1 aromatic rings. The van der Waals surface area contributed by atoms with Crippen LogP contribution >= 0.6 is 11.3 Å². The van der Waals surface area contributed by atoms with E-state index in [0.29, 0.717) is 0 Å². The molecule has 0 bridgehead atoms. The summed E-state index contributed by atoms with van der Waals surface area (Å²) in [6.45, 7) is 1.47. The van der Waals surface area contributed by atoms with Crippen molar-refractivity contribution >= 4 is 11.3 Å². The molecular weight excluding hydrogens is 246 g/mol. The van der Waals surface area contributed by atoms with E-state index in [1.807, 2.05) is 16.8 Å². The predicted octanol–water partition coefficient (Wildman–Crippen LogP) is 1.70. The Hall–Kier alpha value is -0.560. The van der Waals surface area contributed by atoms with E-state index in [-0.39, 0.29) is 31.8 Å². The van der Waals surface area contributed by atoms with Crippen molar-refractivity contribution in [2.45, 2.75) is 25.4 Å². The van der Waals surface area contributed by atoms with Gasteiger partial charge in [0.15, 0.2) is 0 Å². The van der Waals surface area contributed by atoms with E-state index in [2.05, 4.69) is 0 Å². The van der Waals surface area contributed by atoms with Crippen molar-refractivity contribution in [1.29, 1.82) is 0 Å². The quantitative estimate of drug-likeness (QED) is 0.788. The highest BCUT2D eigenvalue weighted by Crippen LogP contribution is 2.26. The van der Waals surface area contributed by atoms with Crippen LogP contribution in [0.25, 0.3) is 0 Å². The molecule has 2 unspecified atom stereocenters. The van der Waals surface area contributed by atoms with E-state index in [0.717, 1.165) is 5.56 Å². The van der Waals surface area contributed by atoms with Gasteiger partial charge in [0.1, 0.15) is 0 Å². The van der Waals surface area contributed by atoms with E-state index >= 15 is 0 Å². The lowest BCUT2D eigenvalue weighted by Gasteiger charge is -2.33. The van der Waals surface area contributed by atoms with Gasteiger partial charge in [0, 0.05) is 12.6 Å². The molecule has 0 spiro atoms. The summed E-state index contributed by atoms with van der Waals surface area (Å²) in [5.74, 6) is 0. The number of hydrogen-bond acceptors (Lipinski definition) is 4. The Bertz CT molecular complexity index is 306. The summed E-state index contributed by atoms with van der Waals surface area (Å²) in [7, 11) is 0. The minimum absolute atomic E-state index is 0.153. The molecular formula is C11H18F2N2OS. The third kappa shape index (κ3) is 4.31. The number of nitrogens with two attached hydrogens (primary N) is 1. The zero-order valence-electron chi connectivity index (χ0n) is 9.72. The first-order chi connectivity index (χ1) is 8.06. The van der Waals surface area contributed by atoms with Gasteiger partial charge < -0.3 is 10.8 Å². The number of alkyl halides is 2. The fourth-order valence-corrected chi connectivity index (χ4v) is 2.63. The van der Waals surface area contributed by atoms with Crippen molar-refractivity contribution in [3.8, 4) is 0 Å². The second-order valence-corrected chi connectivity index (χ2v) is 4.75. The van der Waals surface area contributed by atoms with Crippen LogP contribution in [0.5, 0.6) is 0 Å². The smallest absolute Gasteiger partial charge is 0.251 e. The lowest BCUT2D eigenvalue weighted by Crippen LogP contribution is -2.43. The first-order valence-electron chi connectivity index (χ1n) is 5.47. The summed E-state index contributed by atoms with van der Waals surface area (Å²) in [5, 5.41) is 12.8. The minimum atomic E-state index is -2.43. The number of nitrogens with zero attached hydrogens (tertiary/aromatic N) is 1. The number of hydrogen-bond donors (Lipinski definition) is 2. The van der Waals surface area contributed by atoms with Gasteiger partial charge in [-0.3, -0.25) is 4.90 Å². The molecule has 1 rings (SSSR count). The van der Waals surface area contributed by atoms with Gasteiger partial charge in [-0.25, -0.2) is 8.78 Å². The van der Waals surface area contributed by atoms with Gasteiger partial charge in [-0.2, -0.15) is 11.3 Å². The van der Waals surface area contributed by atoms with Gasteiger partial charge in [0.05, 0.1) is 19.2 Å². The molecule has 1 heterocycles. The Labute approximate surface area is 104 Å². The Morgan fingerprint density at radius 2 is 2.24 bits per heavy atom. The van der Waals surface area contributed by atoms with Crippen LogP contribution in [0.3, 0.4) is 0 Å². The Kier molecular flexibility index (Phi) is 5.97. The number of rotatable bonds is 7. The molecule has 3 N–H and O–H groups in total. The number of thiophene rings is 1. The summed E-state index contributed by atoms with van der Waals surface area (Å²) >= 11 is 1.51. The monoisotopic (exact) mass is 264 g/mol. The lowest BCUT2D eigenvalue weighted by molar-refractivity contribution is 0.0488. The first kappa shape index (κ1) is 14.5. The molecule has 0 radical (unpaired) electrons. The van der Waals surface area contributed by atoms with Crippen molar-refractivity contribution < 1.29 is 13.9 Å². The molecule has 0 aliphatic rings. The number of halogens is 2. The summed E-state index contributed by atoms with van der Waals surface area (Å²) in [4.78, 5) is 1.54. The highest BCUT2D eigenvalue weighted by Gasteiger charge is 2.26. The topological polar surface area (TPSA) is 49.5 Å². The Balaban J connectivity index is 2.85. The maximum atomic E-state index is 12.5. The lowest BCUT2D eigenvalue weighted by atomic mass is 10.0. The summed E-state index contributed by atoms with van der Waals surface area (Å²) in [6.07, 6.45) is -2.43. The molecule has 98 valence electrons. The average molecular weight is 264 g/mol. The second-order valence-electron chi connectivity index (χ2n) is 3.97. The second kappa shape index (κ2) is 7.00. The average Bonchev–Trinajstić information content (AvgIpc) is 2.70. The van der Waals surface area contributed by atoms with Crippen LogP contribution in [0.4, 0.5) is 8.78 Å². The molecule has 2 atom stereocenters. The molecule has 0 amide bonds. The van der Waals surface area contributed by atoms with Crippen LogP contribution in [0.15, 0.2) is 16.8 Å². The standard InChI is InChI=1S/C11H18F2N2OS/c1-8(14)11(9-2-5-17-7-9)15(3-4-16)6-10(12)13/h2,5,7-8,10-11,16H,3-4,6,14H2,1H3. The van der Waals surface area contributed by atoms with E-state index in [4.69, 9.17) is 10.8 Å². The molecule has 0 aliphatic carbocycles. The van der Waals surface area contributed by atoms with Crippen molar-refractivity contribution in [3.05, 3.63) is 22.4 Å². The molecule has 6 heteroatoms. The molecule has 1 aromatic heterocycles. The first-order valence-corrected chi connectivity index (χ1v) is 6.41. The van der Waals surface area contributed by atoms with Gasteiger partial charge in [0.25, 0.3) is 6.43 Å². The molecule has 3 nitrogen and oxygen atoms in total. The van der Waals surface area contributed by atoms with Crippen LogP contribution < -0.4 is 5.73 Å². The minimum Gasteiger partial charge on any atom is -0.395 e. The highest BCUT2D eigenvalue weighted by molar-refractivity contribution is 7.07. The molecule has 0 aliphatic heterocycles. The van der Waals surface area contributed by atoms with E-state index in [9.17, 15) is 8.78 Å². The molecule has 0 saturated heterocycles. The third-order valence-electron chi connectivity index (χ3n) is 2.54. The van der Waals surface area contributed by atoms with Crippen LogP contribution in [0.1, 0.15) is 18.5 Å². The van der Waals surface area contributed by atoms with Crippen LogP contribution in [-0.2, 0) is 0 Å². The van der Waals surface area contributed by atoms with E-state index in [1.54, 1.807) is 6.92 Å². The van der Waals surface area contributed by atoms with Gasteiger partial charge in [-0.05, 0) is 29.3 Å². The molecule has 0 saturated carbocycles. The third-order valence-corrected chi connectivity index (χ3v) is 3.24. The van der Waals surface area contributed by atoms with Crippen molar-refractivity contribution in [2.75, 3.05) is 19.7 Å². The van der Waals surface area contributed by atoms with Gasteiger partial charge in [0.2, 0.25) is 0 Å². The zero-order chi connectivity index (χ0) is 12.8. The van der Waals surface area contributed by atoms with Gasteiger partial charge in [-0.1, -0.05) is 0 Å². The molecule has 17 heavy (non-hydrogen) atoms. The van der Waals surface area contributed by atoms with Crippen molar-refractivity contribution in [2.24, 2.45) is 5.73 Å². The fraction of sp³-hybridized carbons (Fsp3) is 0.636. The van der Waals surface area contributed by atoms with Gasteiger partial charge in [-0.15, -0.1) is 0 Å². The highest BCUT2D eigenvalue weighted by atomic mass is 32.1. The zero-order valence-corrected chi connectivity index (χ0v) is 10.5. The normalized spacial score (nSPS) is 15.5. The SMILES string of the molecule is CC(N)C(c1ccsc1)N(CCO)CC(F)F. The van der Waals surface area contributed by atoms with Gasteiger partial charge >= 0.3 is 0 Å². The maximum Gasteiger partial charge on any atom is 0.251 e. The molecule has 0 aromatic carbocycles. The summed E-state index contributed by atoms with van der Waals surface area (Å²) < 4.78 is 25.0. The fourth-order valence-electron chi connectivity index (χ4n) is 1.94. The van der Waals surface area contributed by atoms with Crippen LogP contribution in [0.2, 0.25) is 0 Å². The Morgan fingerprint density at radius 3 is 2.65 bits per heavy atom. The molecule has 0 fully saturated rings. The van der Waals surface area contributed by atoms with Crippen molar-refractivity contribution in [1.82, 2.24) is 4.90 Å². The number of aliphatic hydroxyl groups is 1. The summed E-state index contributed by atoms with van der Waals surface area (Å²) in [5.41, 5.74) is 6.80. The largest absolute Gasteiger partial charge is 0.395 e.